The molecule has 1 aliphatic heterocycles. The van der Waals surface area contributed by atoms with Crippen molar-refractivity contribution >= 4 is 5.69 Å². The third-order valence-electron chi connectivity index (χ3n) is 3.79. The molecule has 0 saturated carbocycles. The third kappa shape index (κ3) is 3.64. The van der Waals surface area contributed by atoms with Gasteiger partial charge in [-0.25, -0.2) is 0 Å². The van der Waals surface area contributed by atoms with Gasteiger partial charge < -0.3 is 19.9 Å². The number of fused-ring (bicyclic) bond motifs is 1. The number of nitrogens with zero attached hydrogens (tertiary/aromatic N) is 2. The van der Waals surface area contributed by atoms with Crippen molar-refractivity contribution in [2.75, 3.05) is 45.7 Å². The Balaban J connectivity index is 2.30. The lowest BCUT2D eigenvalue weighted by Crippen LogP contribution is -2.48. The van der Waals surface area contributed by atoms with E-state index in [1.165, 1.54) is 11.3 Å². The summed E-state index contributed by atoms with van der Waals surface area (Å²) in [5.74, 6) is 0.929. The summed E-state index contributed by atoms with van der Waals surface area (Å²) in [5, 5.41) is 3.64. The minimum absolute atomic E-state index is 0.110. The van der Waals surface area contributed by atoms with Crippen LogP contribution >= 0.6 is 0 Å². The lowest BCUT2D eigenvalue weighted by atomic mass is 10.1. The van der Waals surface area contributed by atoms with E-state index in [2.05, 4.69) is 55.2 Å². The van der Waals surface area contributed by atoms with E-state index in [9.17, 15) is 0 Å². The van der Waals surface area contributed by atoms with Crippen molar-refractivity contribution in [2.45, 2.75) is 25.9 Å². The first-order valence-electron chi connectivity index (χ1n) is 7.23. The molecule has 0 bridgehead atoms. The molecule has 2 rings (SSSR count). The third-order valence-corrected chi connectivity index (χ3v) is 3.79. The average molecular weight is 277 g/mol. The second-order valence-electron chi connectivity index (χ2n) is 6.46. The summed E-state index contributed by atoms with van der Waals surface area (Å²) in [4.78, 5) is 4.70. The zero-order chi connectivity index (χ0) is 14.8. The molecule has 0 amide bonds. The SMILES string of the molecule is COc1ccc2c(c1)N(CCN(C)C)CC(C)(C)NC2. The first-order valence-corrected chi connectivity index (χ1v) is 7.23. The normalized spacial score (nSPS) is 17.8. The Bertz CT molecular complexity index is 457. The fraction of sp³-hybridized carbons (Fsp3) is 0.625. The highest BCUT2D eigenvalue weighted by Gasteiger charge is 2.27. The van der Waals surface area contributed by atoms with Crippen LogP contribution in [0.15, 0.2) is 18.2 Å². The van der Waals surface area contributed by atoms with Crippen LogP contribution in [0.4, 0.5) is 5.69 Å². The van der Waals surface area contributed by atoms with Gasteiger partial charge in [0.1, 0.15) is 5.75 Å². The van der Waals surface area contributed by atoms with Gasteiger partial charge in [0.25, 0.3) is 0 Å². The highest BCUT2D eigenvalue weighted by atomic mass is 16.5. The molecule has 112 valence electrons. The molecule has 20 heavy (non-hydrogen) atoms. The van der Waals surface area contributed by atoms with Gasteiger partial charge in [0.05, 0.1) is 7.11 Å². The number of likely N-dealkylation sites (N-methyl/N-ethyl adjacent to an activating group) is 1. The number of anilines is 1. The van der Waals surface area contributed by atoms with Crippen LogP contribution < -0.4 is 15.0 Å². The molecule has 4 nitrogen and oxygen atoms in total. The fourth-order valence-corrected chi connectivity index (χ4v) is 2.59. The maximum Gasteiger partial charge on any atom is 0.120 e. The van der Waals surface area contributed by atoms with Gasteiger partial charge in [0, 0.05) is 43.5 Å². The van der Waals surface area contributed by atoms with Crippen molar-refractivity contribution in [1.82, 2.24) is 10.2 Å². The number of hydrogen-bond acceptors (Lipinski definition) is 4. The molecule has 0 aliphatic carbocycles. The van der Waals surface area contributed by atoms with E-state index >= 15 is 0 Å². The first-order chi connectivity index (χ1) is 9.41. The van der Waals surface area contributed by atoms with Crippen LogP contribution in [0.25, 0.3) is 0 Å². The average Bonchev–Trinajstić information content (AvgIpc) is 2.53. The molecule has 1 aliphatic rings. The monoisotopic (exact) mass is 277 g/mol. The van der Waals surface area contributed by atoms with Gasteiger partial charge in [-0.2, -0.15) is 0 Å². The van der Waals surface area contributed by atoms with E-state index in [1.54, 1.807) is 7.11 Å². The highest BCUT2D eigenvalue weighted by Crippen LogP contribution is 2.30. The van der Waals surface area contributed by atoms with Crippen molar-refractivity contribution in [3.8, 4) is 5.75 Å². The minimum atomic E-state index is 0.110. The Kier molecular flexibility index (Phi) is 4.55. The standard InChI is InChI=1S/C16H27N3O/c1-16(2)12-19(9-8-18(3)4)15-10-14(20-5)7-6-13(15)11-17-16/h6-7,10,17H,8-9,11-12H2,1-5H3. The van der Waals surface area contributed by atoms with Crippen molar-refractivity contribution < 1.29 is 4.74 Å². The van der Waals surface area contributed by atoms with Gasteiger partial charge in [-0.3, -0.25) is 0 Å². The molecule has 0 atom stereocenters. The second kappa shape index (κ2) is 6.02. The van der Waals surface area contributed by atoms with Gasteiger partial charge in [-0.1, -0.05) is 6.07 Å². The van der Waals surface area contributed by atoms with Crippen LogP contribution in [-0.4, -0.2) is 51.3 Å². The quantitative estimate of drug-likeness (QED) is 0.910. The number of rotatable bonds is 4. The molecule has 0 unspecified atom stereocenters. The molecular weight excluding hydrogens is 250 g/mol. The van der Waals surface area contributed by atoms with Gasteiger partial charge >= 0.3 is 0 Å². The molecule has 1 aromatic rings. The van der Waals surface area contributed by atoms with E-state index < -0.39 is 0 Å². The van der Waals surface area contributed by atoms with Crippen molar-refractivity contribution in [2.24, 2.45) is 0 Å². The first kappa shape index (κ1) is 15.1. The zero-order valence-electron chi connectivity index (χ0n) is 13.4. The van der Waals surface area contributed by atoms with Gasteiger partial charge in [-0.15, -0.1) is 0 Å². The molecule has 1 N–H and O–H groups in total. The summed E-state index contributed by atoms with van der Waals surface area (Å²) >= 11 is 0. The maximum atomic E-state index is 5.39. The Morgan fingerprint density at radius 2 is 2.10 bits per heavy atom. The molecule has 0 fully saturated rings. The van der Waals surface area contributed by atoms with Gasteiger partial charge in [0.15, 0.2) is 0 Å². The molecule has 0 spiro atoms. The fourth-order valence-electron chi connectivity index (χ4n) is 2.59. The molecule has 1 heterocycles. The van der Waals surface area contributed by atoms with Crippen LogP contribution in [0.5, 0.6) is 5.75 Å². The van der Waals surface area contributed by atoms with E-state index in [0.717, 1.165) is 31.9 Å². The largest absolute Gasteiger partial charge is 0.497 e. The molecule has 1 aromatic carbocycles. The van der Waals surface area contributed by atoms with E-state index in [1.807, 2.05) is 6.07 Å². The van der Waals surface area contributed by atoms with Crippen molar-refractivity contribution in [1.29, 1.82) is 0 Å². The van der Waals surface area contributed by atoms with Crippen LogP contribution in [-0.2, 0) is 6.54 Å². The van der Waals surface area contributed by atoms with Crippen LogP contribution in [0.3, 0.4) is 0 Å². The summed E-state index contributed by atoms with van der Waals surface area (Å²) in [7, 11) is 5.96. The highest BCUT2D eigenvalue weighted by molar-refractivity contribution is 5.58. The smallest absolute Gasteiger partial charge is 0.120 e. The Morgan fingerprint density at radius 3 is 2.75 bits per heavy atom. The molecule has 0 radical (unpaired) electrons. The van der Waals surface area contributed by atoms with Crippen LogP contribution in [0.1, 0.15) is 19.4 Å². The number of ether oxygens (including phenoxy) is 1. The van der Waals surface area contributed by atoms with E-state index in [-0.39, 0.29) is 5.54 Å². The minimum Gasteiger partial charge on any atom is -0.497 e. The summed E-state index contributed by atoms with van der Waals surface area (Å²) < 4.78 is 5.39. The predicted molar refractivity (Wildman–Crippen MR) is 84.7 cm³/mol. The lowest BCUT2D eigenvalue weighted by molar-refractivity contribution is 0.375. The molecular formula is C16H27N3O. The Morgan fingerprint density at radius 1 is 1.35 bits per heavy atom. The summed E-state index contributed by atoms with van der Waals surface area (Å²) in [6, 6.07) is 6.38. The topological polar surface area (TPSA) is 27.7 Å². The summed E-state index contributed by atoms with van der Waals surface area (Å²) in [6.45, 7) is 8.51. The second-order valence-corrected chi connectivity index (χ2v) is 6.46. The maximum absolute atomic E-state index is 5.39. The predicted octanol–water partition coefficient (Wildman–Crippen LogP) is 1.94. The lowest BCUT2D eigenvalue weighted by Gasteiger charge is -2.33. The van der Waals surface area contributed by atoms with Crippen molar-refractivity contribution in [3.05, 3.63) is 23.8 Å². The molecule has 4 heteroatoms. The van der Waals surface area contributed by atoms with Crippen LogP contribution in [0.2, 0.25) is 0 Å². The number of nitrogens with one attached hydrogen (secondary N) is 1. The number of hydrogen-bond donors (Lipinski definition) is 1. The van der Waals surface area contributed by atoms with Crippen LogP contribution in [0, 0.1) is 0 Å². The number of methoxy groups -OCH3 is 1. The van der Waals surface area contributed by atoms with Gasteiger partial charge in [0.2, 0.25) is 0 Å². The summed E-state index contributed by atoms with van der Waals surface area (Å²) in [5.41, 5.74) is 2.75. The zero-order valence-corrected chi connectivity index (χ0v) is 13.4. The van der Waals surface area contributed by atoms with E-state index in [0.29, 0.717) is 0 Å². The Hall–Kier alpha value is -1.26. The van der Waals surface area contributed by atoms with Crippen molar-refractivity contribution in [3.63, 3.8) is 0 Å². The Labute approximate surface area is 122 Å². The number of benzene rings is 1. The summed E-state index contributed by atoms with van der Waals surface area (Å²) in [6.07, 6.45) is 0. The van der Waals surface area contributed by atoms with Gasteiger partial charge in [-0.05, 0) is 39.6 Å². The van der Waals surface area contributed by atoms with E-state index in [4.69, 9.17) is 4.74 Å². The molecule has 0 saturated heterocycles. The molecule has 0 aromatic heterocycles.